The number of hydrogen-bond acceptors (Lipinski definition) is 6. The van der Waals surface area contributed by atoms with E-state index in [4.69, 9.17) is 14.0 Å². The average molecular weight is 393 g/mol. The van der Waals surface area contributed by atoms with Gasteiger partial charge in [0.25, 0.3) is 5.89 Å². The summed E-state index contributed by atoms with van der Waals surface area (Å²) in [6.07, 6.45) is 0.333. The number of methoxy groups -OCH3 is 2. The molecule has 1 aliphatic heterocycles. The van der Waals surface area contributed by atoms with Crippen molar-refractivity contribution in [3.63, 3.8) is 0 Å². The number of anilines is 1. The molecule has 1 aromatic heterocycles. The maximum atomic E-state index is 12.6. The number of aromatic nitrogens is 2. The molecule has 3 aromatic rings. The Kier molecular flexibility index (Phi) is 4.96. The van der Waals surface area contributed by atoms with Crippen molar-refractivity contribution in [2.45, 2.75) is 26.2 Å². The lowest BCUT2D eigenvalue weighted by atomic mass is 10.1. The first kappa shape index (κ1) is 19.0. The van der Waals surface area contributed by atoms with Gasteiger partial charge in [-0.3, -0.25) is 4.79 Å². The van der Waals surface area contributed by atoms with E-state index in [-0.39, 0.29) is 11.8 Å². The molecule has 1 fully saturated rings. The maximum absolute atomic E-state index is 12.6. The lowest BCUT2D eigenvalue weighted by Crippen LogP contribution is -2.24. The molecule has 0 saturated carbocycles. The minimum Gasteiger partial charge on any atom is -0.493 e. The normalized spacial score (nSPS) is 16.3. The number of benzene rings is 2. The Morgan fingerprint density at radius 3 is 2.45 bits per heavy atom. The van der Waals surface area contributed by atoms with Crippen LogP contribution in [0.25, 0.3) is 11.5 Å². The van der Waals surface area contributed by atoms with E-state index < -0.39 is 0 Å². The van der Waals surface area contributed by atoms with Crippen LogP contribution in [0.2, 0.25) is 0 Å². The summed E-state index contributed by atoms with van der Waals surface area (Å²) in [5.74, 6) is 2.12. The van der Waals surface area contributed by atoms with Crippen LogP contribution in [0.15, 0.2) is 40.9 Å². The van der Waals surface area contributed by atoms with Gasteiger partial charge in [0.05, 0.1) is 14.2 Å². The largest absolute Gasteiger partial charge is 0.493 e. The molecule has 0 unspecified atom stereocenters. The second-order valence-corrected chi connectivity index (χ2v) is 7.28. The number of ether oxygens (including phenoxy) is 2. The summed E-state index contributed by atoms with van der Waals surface area (Å²) < 4.78 is 16.1. The van der Waals surface area contributed by atoms with Gasteiger partial charge in [0, 0.05) is 36.2 Å². The number of amides is 1. The SMILES string of the molecule is COc1ccc(N2C[C@@H](c3noc(-c4cc(C)cc(C)c4)n3)CC2=O)cc1OC. The van der Waals surface area contributed by atoms with Gasteiger partial charge in [0.15, 0.2) is 17.3 Å². The van der Waals surface area contributed by atoms with Gasteiger partial charge >= 0.3 is 0 Å². The topological polar surface area (TPSA) is 77.7 Å². The third-order valence-corrected chi connectivity index (χ3v) is 5.08. The minimum absolute atomic E-state index is 0.0139. The maximum Gasteiger partial charge on any atom is 0.257 e. The van der Waals surface area contributed by atoms with Gasteiger partial charge in [-0.1, -0.05) is 22.3 Å². The van der Waals surface area contributed by atoms with Crippen LogP contribution < -0.4 is 14.4 Å². The third kappa shape index (κ3) is 3.68. The summed E-state index contributed by atoms with van der Waals surface area (Å²) in [6.45, 7) is 4.55. The van der Waals surface area contributed by atoms with Crippen molar-refractivity contribution in [2.24, 2.45) is 0 Å². The molecule has 0 bridgehead atoms. The van der Waals surface area contributed by atoms with Crippen LogP contribution in [0, 0.1) is 13.8 Å². The summed E-state index contributed by atoms with van der Waals surface area (Å²) in [5.41, 5.74) is 3.92. The molecule has 29 heavy (non-hydrogen) atoms. The zero-order chi connectivity index (χ0) is 20.5. The van der Waals surface area contributed by atoms with Crippen molar-refractivity contribution in [3.05, 3.63) is 53.3 Å². The fourth-order valence-electron chi connectivity index (χ4n) is 3.74. The molecular weight excluding hydrogens is 370 g/mol. The number of rotatable bonds is 5. The lowest BCUT2D eigenvalue weighted by Gasteiger charge is -2.18. The van der Waals surface area contributed by atoms with Crippen molar-refractivity contribution in [1.82, 2.24) is 10.1 Å². The van der Waals surface area contributed by atoms with Gasteiger partial charge in [-0.05, 0) is 38.1 Å². The number of aryl methyl sites for hydroxylation is 2. The summed E-state index contributed by atoms with van der Waals surface area (Å²) in [4.78, 5) is 18.9. The highest BCUT2D eigenvalue weighted by Crippen LogP contribution is 2.36. The van der Waals surface area contributed by atoms with Crippen LogP contribution in [0.4, 0.5) is 5.69 Å². The van der Waals surface area contributed by atoms with Crippen LogP contribution in [0.3, 0.4) is 0 Å². The Hall–Kier alpha value is -3.35. The third-order valence-electron chi connectivity index (χ3n) is 5.08. The molecule has 0 radical (unpaired) electrons. The Labute approximate surface area is 169 Å². The smallest absolute Gasteiger partial charge is 0.257 e. The lowest BCUT2D eigenvalue weighted by molar-refractivity contribution is -0.117. The highest BCUT2D eigenvalue weighted by Gasteiger charge is 2.35. The van der Waals surface area contributed by atoms with Crippen LogP contribution in [0.5, 0.6) is 11.5 Å². The molecule has 1 atom stereocenters. The molecule has 0 spiro atoms. The monoisotopic (exact) mass is 393 g/mol. The van der Waals surface area contributed by atoms with E-state index in [2.05, 4.69) is 16.2 Å². The van der Waals surface area contributed by atoms with Gasteiger partial charge in [-0.15, -0.1) is 0 Å². The van der Waals surface area contributed by atoms with Gasteiger partial charge in [0.1, 0.15) is 0 Å². The van der Waals surface area contributed by atoms with E-state index in [0.29, 0.717) is 36.2 Å². The minimum atomic E-state index is -0.126. The molecule has 4 rings (SSSR count). The predicted octanol–water partition coefficient (Wildman–Crippen LogP) is 3.89. The van der Waals surface area contributed by atoms with Crippen LogP contribution in [-0.2, 0) is 4.79 Å². The molecule has 1 amide bonds. The molecule has 0 aliphatic carbocycles. The Bertz CT molecular complexity index is 1040. The fraction of sp³-hybridized carbons (Fsp3) is 0.318. The molecule has 7 nitrogen and oxygen atoms in total. The van der Waals surface area contributed by atoms with Gasteiger partial charge < -0.3 is 18.9 Å². The molecule has 0 N–H and O–H groups in total. The van der Waals surface area contributed by atoms with Crippen molar-refractivity contribution in [3.8, 4) is 23.0 Å². The Morgan fingerprint density at radius 1 is 1.03 bits per heavy atom. The zero-order valence-corrected chi connectivity index (χ0v) is 16.9. The first-order valence-electron chi connectivity index (χ1n) is 9.43. The molecule has 150 valence electrons. The van der Waals surface area contributed by atoms with Crippen LogP contribution >= 0.6 is 0 Å². The summed E-state index contributed by atoms with van der Waals surface area (Å²) in [6, 6.07) is 11.6. The van der Waals surface area contributed by atoms with Gasteiger partial charge in [-0.2, -0.15) is 4.98 Å². The molecule has 2 aromatic carbocycles. The summed E-state index contributed by atoms with van der Waals surface area (Å²) >= 11 is 0. The quantitative estimate of drug-likeness (QED) is 0.654. The van der Waals surface area contributed by atoms with Gasteiger partial charge in [-0.25, -0.2) is 0 Å². The van der Waals surface area contributed by atoms with Crippen molar-refractivity contribution < 1.29 is 18.8 Å². The first-order valence-corrected chi connectivity index (χ1v) is 9.43. The highest BCUT2D eigenvalue weighted by molar-refractivity contribution is 5.96. The second kappa shape index (κ2) is 7.58. The number of hydrogen-bond donors (Lipinski definition) is 0. The van der Waals surface area contributed by atoms with E-state index in [1.165, 1.54) is 0 Å². The molecule has 1 aliphatic rings. The molecule has 1 saturated heterocycles. The van der Waals surface area contributed by atoms with Gasteiger partial charge in [0.2, 0.25) is 5.91 Å². The van der Waals surface area contributed by atoms with E-state index in [1.54, 1.807) is 31.3 Å². The average Bonchev–Trinajstić information content (AvgIpc) is 3.33. The van der Waals surface area contributed by atoms with E-state index in [1.807, 2.05) is 32.0 Å². The van der Waals surface area contributed by atoms with E-state index in [9.17, 15) is 4.79 Å². The van der Waals surface area contributed by atoms with Crippen LogP contribution in [-0.4, -0.2) is 36.8 Å². The van der Waals surface area contributed by atoms with Crippen LogP contribution in [0.1, 0.15) is 29.3 Å². The highest BCUT2D eigenvalue weighted by atomic mass is 16.5. The zero-order valence-electron chi connectivity index (χ0n) is 16.9. The fourth-order valence-corrected chi connectivity index (χ4v) is 3.74. The Morgan fingerprint density at radius 2 is 1.76 bits per heavy atom. The number of nitrogens with zero attached hydrogens (tertiary/aromatic N) is 3. The molecular formula is C22H23N3O4. The van der Waals surface area contributed by atoms with E-state index >= 15 is 0 Å². The first-order chi connectivity index (χ1) is 14.0. The second-order valence-electron chi connectivity index (χ2n) is 7.28. The summed E-state index contributed by atoms with van der Waals surface area (Å²) in [5, 5.41) is 4.15. The molecule has 2 heterocycles. The van der Waals surface area contributed by atoms with E-state index in [0.717, 1.165) is 22.4 Å². The molecule has 7 heteroatoms. The van der Waals surface area contributed by atoms with Crippen molar-refractivity contribution in [1.29, 1.82) is 0 Å². The standard InChI is InChI=1S/C22H23N3O4/c1-13-7-14(2)9-15(8-13)22-23-21(24-29-22)16-10-20(26)25(12-16)17-5-6-18(27-3)19(11-17)28-4/h5-9,11,16H,10,12H2,1-4H3/t16-/m0/s1. The Balaban J connectivity index is 1.56. The summed E-state index contributed by atoms with van der Waals surface area (Å²) in [7, 11) is 3.15. The number of carbonyl (C=O) groups excluding carboxylic acids is 1. The van der Waals surface area contributed by atoms with Crippen molar-refractivity contribution in [2.75, 3.05) is 25.7 Å². The predicted molar refractivity (Wildman–Crippen MR) is 108 cm³/mol. The number of carbonyl (C=O) groups is 1. The van der Waals surface area contributed by atoms with Crippen molar-refractivity contribution >= 4 is 11.6 Å².